The van der Waals surface area contributed by atoms with Gasteiger partial charge in [-0.1, -0.05) is 17.7 Å². The number of non-ortho nitro benzene ring substituents is 1. The van der Waals surface area contributed by atoms with Crippen molar-refractivity contribution < 1.29 is 4.92 Å². The molecular formula is C12H10ClN3O2. The highest BCUT2D eigenvalue weighted by atomic mass is 35.5. The maximum absolute atomic E-state index is 10.7. The van der Waals surface area contributed by atoms with Gasteiger partial charge in [-0.3, -0.25) is 10.1 Å². The number of nitro benzene ring substituents is 1. The number of nitrogens with zero attached hydrogens (tertiary/aromatic N) is 1. The van der Waals surface area contributed by atoms with E-state index in [1.807, 2.05) is 0 Å². The van der Waals surface area contributed by atoms with E-state index in [1.165, 1.54) is 12.1 Å². The van der Waals surface area contributed by atoms with Crippen molar-refractivity contribution in [1.29, 1.82) is 0 Å². The molecule has 18 heavy (non-hydrogen) atoms. The monoisotopic (exact) mass is 263 g/mol. The summed E-state index contributed by atoms with van der Waals surface area (Å²) in [5.41, 5.74) is 7.17. The second kappa shape index (κ2) is 4.93. The van der Waals surface area contributed by atoms with Gasteiger partial charge >= 0.3 is 0 Å². The molecule has 0 atom stereocenters. The highest BCUT2D eigenvalue weighted by Gasteiger charge is 2.08. The topological polar surface area (TPSA) is 81.2 Å². The largest absolute Gasteiger partial charge is 0.398 e. The van der Waals surface area contributed by atoms with Gasteiger partial charge in [-0.2, -0.15) is 0 Å². The Hall–Kier alpha value is -2.27. The first-order chi connectivity index (χ1) is 8.54. The molecule has 0 radical (unpaired) electrons. The molecule has 0 aliphatic carbocycles. The number of nitrogen functional groups attached to an aromatic ring is 1. The number of halogens is 1. The zero-order chi connectivity index (χ0) is 13.1. The molecule has 0 unspecified atom stereocenters. The van der Waals surface area contributed by atoms with E-state index in [4.69, 9.17) is 17.3 Å². The SMILES string of the molecule is Nc1cc(Nc2cccc(Cl)c2)cc([N+](=O)[O-])c1. The molecule has 0 heterocycles. The lowest BCUT2D eigenvalue weighted by Gasteiger charge is -2.07. The van der Waals surface area contributed by atoms with Gasteiger partial charge in [0.2, 0.25) is 0 Å². The Balaban J connectivity index is 2.31. The quantitative estimate of drug-likeness (QED) is 0.504. The molecule has 0 amide bonds. The smallest absolute Gasteiger partial charge is 0.273 e. The lowest BCUT2D eigenvalue weighted by molar-refractivity contribution is -0.384. The predicted molar refractivity (Wildman–Crippen MR) is 72.2 cm³/mol. The van der Waals surface area contributed by atoms with Crippen LogP contribution >= 0.6 is 11.6 Å². The van der Waals surface area contributed by atoms with Crippen molar-refractivity contribution in [3.05, 3.63) is 57.6 Å². The molecule has 2 aromatic carbocycles. The van der Waals surface area contributed by atoms with E-state index in [-0.39, 0.29) is 5.69 Å². The number of hydrogen-bond acceptors (Lipinski definition) is 4. The first-order valence-corrected chi connectivity index (χ1v) is 5.50. The van der Waals surface area contributed by atoms with E-state index >= 15 is 0 Å². The molecule has 0 saturated heterocycles. The van der Waals surface area contributed by atoms with Crippen LogP contribution in [-0.4, -0.2) is 4.92 Å². The number of rotatable bonds is 3. The Kier molecular flexibility index (Phi) is 3.34. The van der Waals surface area contributed by atoms with Crippen molar-refractivity contribution in [3.8, 4) is 0 Å². The van der Waals surface area contributed by atoms with Crippen LogP contribution in [0.1, 0.15) is 0 Å². The molecule has 92 valence electrons. The molecule has 0 saturated carbocycles. The van der Waals surface area contributed by atoms with Gasteiger partial charge in [0.15, 0.2) is 0 Å². The fourth-order valence-electron chi connectivity index (χ4n) is 1.55. The molecule has 0 aliphatic heterocycles. The van der Waals surface area contributed by atoms with Gasteiger partial charge in [0, 0.05) is 34.2 Å². The van der Waals surface area contributed by atoms with Gasteiger partial charge in [0.1, 0.15) is 0 Å². The van der Waals surface area contributed by atoms with Crippen LogP contribution in [-0.2, 0) is 0 Å². The second-order valence-electron chi connectivity index (χ2n) is 3.71. The lowest BCUT2D eigenvalue weighted by atomic mass is 10.2. The number of nitrogens with two attached hydrogens (primary N) is 1. The molecular weight excluding hydrogens is 254 g/mol. The summed E-state index contributed by atoms with van der Waals surface area (Å²) in [4.78, 5) is 10.2. The Morgan fingerprint density at radius 3 is 2.61 bits per heavy atom. The molecule has 2 aromatic rings. The van der Waals surface area contributed by atoms with Crippen LogP contribution in [0.5, 0.6) is 0 Å². The molecule has 0 aromatic heterocycles. The zero-order valence-electron chi connectivity index (χ0n) is 9.26. The third-order valence-corrected chi connectivity index (χ3v) is 2.50. The van der Waals surface area contributed by atoms with Gasteiger partial charge < -0.3 is 11.1 Å². The van der Waals surface area contributed by atoms with E-state index in [0.717, 1.165) is 5.69 Å². The summed E-state index contributed by atoms with van der Waals surface area (Å²) in [6.07, 6.45) is 0. The van der Waals surface area contributed by atoms with Gasteiger partial charge in [0.25, 0.3) is 5.69 Å². The first kappa shape index (κ1) is 12.2. The highest BCUT2D eigenvalue weighted by molar-refractivity contribution is 6.30. The van der Waals surface area contributed by atoms with Crippen molar-refractivity contribution in [2.24, 2.45) is 0 Å². The summed E-state index contributed by atoms with van der Waals surface area (Å²) in [6, 6.07) is 11.4. The van der Waals surface area contributed by atoms with Gasteiger partial charge in [-0.15, -0.1) is 0 Å². The van der Waals surface area contributed by atoms with Crippen LogP contribution in [0.3, 0.4) is 0 Å². The summed E-state index contributed by atoms with van der Waals surface area (Å²) in [7, 11) is 0. The summed E-state index contributed by atoms with van der Waals surface area (Å²) < 4.78 is 0. The molecule has 3 N–H and O–H groups in total. The second-order valence-corrected chi connectivity index (χ2v) is 4.14. The molecule has 0 aliphatic rings. The average Bonchev–Trinajstić information content (AvgIpc) is 2.28. The molecule has 2 rings (SSSR count). The van der Waals surface area contributed by atoms with E-state index in [9.17, 15) is 10.1 Å². The van der Waals surface area contributed by atoms with Crippen LogP contribution in [0.15, 0.2) is 42.5 Å². The van der Waals surface area contributed by atoms with E-state index in [2.05, 4.69) is 5.32 Å². The predicted octanol–water partition coefficient (Wildman–Crippen LogP) is 3.57. The number of nitro groups is 1. The third-order valence-electron chi connectivity index (χ3n) is 2.26. The summed E-state index contributed by atoms with van der Waals surface area (Å²) in [5, 5.41) is 14.3. The summed E-state index contributed by atoms with van der Waals surface area (Å²) in [6.45, 7) is 0. The minimum Gasteiger partial charge on any atom is -0.398 e. The number of hydrogen-bond donors (Lipinski definition) is 2. The van der Waals surface area contributed by atoms with Crippen LogP contribution in [0.25, 0.3) is 0 Å². The van der Waals surface area contributed by atoms with Gasteiger partial charge in [0.05, 0.1) is 4.92 Å². The Morgan fingerprint density at radius 1 is 1.17 bits per heavy atom. The van der Waals surface area contributed by atoms with Crippen molar-refractivity contribution in [2.45, 2.75) is 0 Å². The standard InChI is InChI=1S/C12H10ClN3O2/c13-8-2-1-3-10(4-8)15-11-5-9(14)6-12(7-11)16(17)18/h1-7,15H,14H2. The van der Waals surface area contributed by atoms with Crippen molar-refractivity contribution in [3.63, 3.8) is 0 Å². The minimum absolute atomic E-state index is 0.0560. The van der Waals surface area contributed by atoms with Gasteiger partial charge in [-0.05, 0) is 24.3 Å². The fraction of sp³-hybridized carbons (Fsp3) is 0. The normalized spacial score (nSPS) is 10.1. The van der Waals surface area contributed by atoms with Crippen LogP contribution in [0.2, 0.25) is 5.02 Å². The maximum atomic E-state index is 10.7. The van der Waals surface area contributed by atoms with E-state index in [0.29, 0.717) is 16.4 Å². The highest BCUT2D eigenvalue weighted by Crippen LogP contribution is 2.26. The Labute approximate surface area is 108 Å². The van der Waals surface area contributed by atoms with E-state index < -0.39 is 4.92 Å². The third kappa shape index (κ3) is 2.89. The Morgan fingerprint density at radius 2 is 1.94 bits per heavy atom. The van der Waals surface area contributed by atoms with Crippen LogP contribution in [0.4, 0.5) is 22.7 Å². The van der Waals surface area contributed by atoms with Crippen molar-refractivity contribution >= 4 is 34.4 Å². The molecule has 6 heteroatoms. The van der Waals surface area contributed by atoms with Gasteiger partial charge in [-0.25, -0.2) is 0 Å². The first-order valence-electron chi connectivity index (χ1n) is 5.12. The fourth-order valence-corrected chi connectivity index (χ4v) is 1.74. The van der Waals surface area contributed by atoms with Crippen molar-refractivity contribution in [2.75, 3.05) is 11.1 Å². The minimum atomic E-state index is -0.487. The Bertz CT molecular complexity index is 602. The molecule has 0 fully saturated rings. The molecule has 5 nitrogen and oxygen atoms in total. The maximum Gasteiger partial charge on any atom is 0.273 e. The van der Waals surface area contributed by atoms with E-state index in [1.54, 1.807) is 30.3 Å². The van der Waals surface area contributed by atoms with Crippen LogP contribution in [0, 0.1) is 10.1 Å². The number of benzene rings is 2. The molecule has 0 spiro atoms. The molecule has 0 bridgehead atoms. The van der Waals surface area contributed by atoms with Crippen LogP contribution < -0.4 is 11.1 Å². The number of anilines is 3. The lowest BCUT2D eigenvalue weighted by Crippen LogP contribution is -1.96. The summed E-state index contributed by atoms with van der Waals surface area (Å²) in [5.74, 6) is 0. The summed E-state index contributed by atoms with van der Waals surface area (Å²) >= 11 is 5.85. The van der Waals surface area contributed by atoms with Crippen molar-refractivity contribution in [1.82, 2.24) is 0 Å². The number of nitrogens with one attached hydrogen (secondary N) is 1. The average molecular weight is 264 g/mol. The zero-order valence-corrected chi connectivity index (χ0v) is 10.0.